The second kappa shape index (κ2) is 6.60. The molecule has 1 aliphatic carbocycles. The number of hydrogen-bond donors (Lipinski definition) is 0. The van der Waals surface area contributed by atoms with Crippen LogP contribution in [0.4, 0.5) is 0 Å². The van der Waals surface area contributed by atoms with Gasteiger partial charge < -0.3 is 0 Å². The Hall–Kier alpha value is -2.82. The van der Waals surface area contributed by atoms with Gasteiger partial charge in [0, 0.05) is 46.7 Å². The molecule has 156 valence electrons. The first kappa shape index (κ1) is 19.8. The van der Waals surface area contributed by atoms with Gasteiger partial charge in [0.15, 0.2) is 11.6 Å². The highest BCUT2D eigenvalue weighted by atomic mass is 79.9. The van der Waals surface area contributed by atoms with Crippen LogP contribution >= 0.6 is 27.3 Å². The average Bonchev–Trinajstić information content (AvgIpc) is 3.14. The van der Waals surface area contributed by atoms with Crippen LogP contribution in [0, 0.1) is 5.41 Å². The first-order valence-electron chi connectivity index (χ1n) is 10.6. The Morgan fingerprint density at radius 3 is 2.19 bits per heavy atom. The molecule has 2 nitrogen and oxygen atoms in total. The van der Waals surface area contributed by atoms with E-state index in [0.29, 0.717) is 16.7 Å². The maximum Gasteiger partial charge on any atom is 0.191 e. The third-order valence-corrected chi connectivity index (χ3v) is 8.00. The molecule has 4 aromatic carbocycles. The maximum atomic E-state index is 13.8. The van der Waals surface area contributed by atoms with Crippen molar-refractivity contribution >= 4 is 80.6 Å². The third-order valence-electron chi connectivity index (χ3n) is 6.38. The second-order valence-corrected chi connectivity index (χ2v) is 11.4. The summed E-state index contributed by atoms with van der Waals surface area (Å²) < 4.78 is 3.32. The molecule has 0 saturated heterocycles. The number of thiophene rings is 1. The van der Waals surface area contributed by atoms with E-state index in [4.69, 9.17) is 0 Å². The lowest BCUT2D eigenvalue weighted by Gasteiger charge is -2.26. The minimum atomic E-state index is -0.408. The van der Waals surface area contributed by atoms with Crippen LogP contribution < -0.4 is 0 Å². The van der Waals surface area contributed by atoms with E-state index < -0.39 is 5.41 Å². The van der Waals surface area contributed by atoms with Gasteiger partial charge in [0.05, 0.1) is 0 Å². The molecular weight excluding hydrogens is 480 g/mol. The van der Waals surface area contributed by atoms with Crippen LogP contribution in [0.1, 0.15) is 41.5 Å². The maximum absolute atomic E-state index is 13.8. The molecule has 0 N–H and O–H groups in total. The highest BCUT2D eigenvalue weighted by Gasteiger charge is 2.34. The molecule has 5 aromatic rings. The van der Waals surface area contributed by atoms with Gasteiger partial charge in [0.2, 0.25) is 0 Å². The van der Waals surface area contributed by atoms with Crippen LogP contribution in [0.5, 0.6) is 0 Å². The molecule has 0 fully saturated rings. The van der Waals surface area contributed by atoms with Gasteiger partial charge in [-0.2, -0.15) is 0 Å². The van der Waals surface area contributed by atoms with Crippen molar-refractivity contribution in [3.05, 3.63) is 81.8 Å². The molecule has 1 aromatic heterocycles. The number of hydrogen-bond acceptors (Lipinski definition) is 3. The Bertz CT molecular complexity index is 1700. The molecule has 1 aliphatic rings. The van der Waals surface area contributed by atoms with Gasteiger partial charge in [-0.1, -0.05) is 61.0 Å². The number of Topliss-reactive ketones (excluding diaryl/α,β-unsaturated/α-hetero) is 1. The van der Waals surface area contributed by atoms with E-state index in [9.17, 15) is 9.59 Å². The summed E-state index contributed by atoms with van der Waals surface area (Å²) >= 11 is 5.35. The first-order chi connectivity index (χ1) is 15.2. The topological polar surface area (TPSA) is 34.1 Å². The van der Waals surface area contributed by atoms with Crippen LogP contribution in [-0.2, 0) is 0 Å². The number of rotatable bonds is 0. The first-order valence-corrected chi connectivity index (χ1v) is 12.2. The molecule has 0 amide bonds. The summed E-state index contributed by atoms with van der Waals surface area (Å²) in [5.74, 6) is -0.124. The van der Waals surface area contributed by atoms with Crippen LogP contribution in [0.25, 0.3) is 41.7 Å². The summed E-state index contributed by atoms with van der Waals surface area (Å²) in [7, 11) is 0. The molecule has 6 rings (SSSR count). The molecule has 0 unspecified atom stereocenters. The number of ketones is 2. The quantitative estimate of drug-likeness (QED) is 0.214. The molecule has 0 spiro atoms. The largest absolute Gasteiger partial charge is 0.289 e. The fraction of sp³-hybridized carbons (Fsp3) is 0.143. The molecular formula is C28H19BrO2S. The van der Waals surface area contributed by atoms with Crippen molar-refractivity contribution in [3.63, 3.8) is 0 Å². The second-order valence-electron chi connectivity index (χ2n) is 9.43. The van der Waals surface area contributed by atoms with E-state index in [0.717, 1.165) is 41.5 Å². The zero-order chi connectivity index (χ0) is 22.4. The Morgan fingerprint density at radius 1 is 0.781 bits per heavy atom. The van der Waals surface area contributed by atoms with Gasteiger partial charge >= 0.3 is 0 Å². The number of carbonyl (C=O) groups excluding carboxylic acids is 2. The van der Waals surface area contributed by atoms with Crippen molar-refractivity contribution in [2.75, 3.05) is 0 Å². The lowest BCUT2D eigenvalue weighted by Crippen LogP contribution is -2.25. The highest BCUT2D eigenvalue weighted by Crippen LogP contribution is 2.45. The van der Waals surface area contributed by atoms with Crippen molar-refractivity contribution in [1.82, 2.24) is 0 Å². The minimum absolute atomic E-state index is 0.0361. The van der Waals surface area contributed by atoms with Crippen molar-refractivity contribution in [2.24, 2.45) is 5.41 Å². The van der Waals surface area contributed by atoms with Gasteiger partial charge in [-0.15, -0.1) is 11.3 Å². The van der Waals surface area contributed by atoms with Crippen molar-refractivity contribution in [1.29, 1.82) is 0 Å². The molecule has 0 aliphatic heterocycles. The summed E-state index contributed by atoms with van der Waals surface area (Å²) in [6, 6.07) is 18.6. The molecule has 0 bridgehead atoms. The number of halogens is 1. The predicted octanol–water partition coefficient (Wildman–Crippen LogP) is 8.47. The highest BCUT2D eigenvalue weighted by molar-refractivity contribution is 9.10. The summed E-state index contributed by atoms with van der Waals surface area (Å²) in [6.07, 6.45) is 1.54. The van der Waals surface area contributed by atoms with Crippen LogP contribution in [0.2, 0.25) is 0 Å². The van der Waals surface area contributed by atoms with E-state index in [1.807, 2.05) is 39.0 Å². The van der Waals surface area contributed by atoms with Crippen molar-refractivity contribution < 1.29 is 9.59 Å². The standard InChI is InChI=1S/C28H19BrO2S/c1-28(2,3)19-13-20(30)17-9-5-15-7-11-22-26(23(15)25(17)27(19)31)24-18-12-16(29)8-4-14(18)6-10-21(24)32-22/h4-13H,1-3H3. The summed E-state index contributed by atoms with van der Waals surface area (Å²) in [5.41, 5.74) is 1.22. The van der Waals surface area contributed by atoms with E-state index in [1.165, 1.54) is 10.8 Å². The minimum Gasteiger partial charge on any atom is -0.289 e. The van der Waals surface area contributed by atoms with E-state index in [2.05, 4.69) is 52.3 Å². The Kier molecular flexibility index (Phi) is 4.09. The number of benzene rings is 4. The number of allylic oxidation sites excluding steroid dienone is 2. The monoisotopic (exact) mass is 498 g/mol. The predicted molar refractivity (Wildman–Crippen MR) is 138 cm³/mol. The Morgan fingerprint density at radius 2 is 1.44 bits per heavy atom. The molecule has 32 heavy (non-hydrogen) atoms. The van der Waals surface area contributed by atoms with Gasteiger partial charge in [0.1, 0.15) is 0 Å². The Balaban J connectivity index is 1.86. The third kappa shape index (κ3) is 2.69. The Labute approximate surface area is 197 Å². The molecule has 0 atom stereocenters. The summed E-state index contributed by atoms with van der Waals surface area (Å²) in [4.78, 5) is 26.9. The van der Waals surface area contributed by atoms with Gasteiger partial charge in [-0.3, -0.25) is 9.59 Å². The summed E-state index contributed by atoms with van der Waals surface area (Å²) in [6.45, 7) is 5.96. The SMILES string of the molecule is CC(C)(C)C1=CC(=O)c2ccc3ccc4sc5ccc6ccc(Br)cc6c5c4c3c2C1=O. The van der Waals surface area contributed by atoms with E-state index in [-0.39, 0.29) is 11.6 Å². The lowest BCUT2D eigenvalue weighted by molar-refractivity contribution is 0.0968. The fourth-order valence-electron chi connectivity index (χ4n) is 4.87. The van der Waals surface area contributed by atoms with Crippen LogP contribution in [0.3, 0.4) is 0 Å². The lowest BCUT2D eigenvalue weighted by atomic mass is 9.75. The molecule has 4 heteroatoms. The fourth-order valence-corrected chi connectivity index (χ4v) is 6.36. The van der Waals surface area contributed by atoms with Crippen molar-refractivity contribution in [2.45, 2.75) is 20.8 Å². The number of fused-ring (bicyclic) bond motifs is 9. The normalized spacial score (nSPS) is 14.6. The van der Waals surface area contributed by atoms with Crippen molar-refractivity contribution in [3.8, 4) is 0 Å². The van der Waals surface area contributed by atoms with E-state index >= 15 is 0 Å². The van der Waals surface area contributed by atoms with Gasteiger partial charge in [-0.05, 0) is 58.0 Å². The summed E-state index contributed by atoms with van der Waals surface area (Å²) in [5, 5.41) is 6.40. The average molecular weight is 499 g/mol. The van der Waals surface area contributed by atoms with Gasteiger partial charge in [-0.25, -0.2) is 0 Å². The van der Waals surface area contributed by atoms with Crippen LogP contribution in [-0.4, -0.2) is 11.6 Å². The molecule has 1 heterocycles. The van der Waals surface area contributed by atoms with Crippen LogP contribution in [0.15, 0.2) is 70.7 Å². The van der Waals surface area contributed by atoms with Gasteiger partial charge in [0.25, 0.3) is 0 Å². The number of carbonyl (C=O) groups is 2. The molecule has 0 saturated carbocycles. The smallest absolute Gasteiger partial charge is 0.191 e. The zero-order valence-electron chi connectivity index (χ0n) is 17.9. The van der Waals surface area contributed by atoms with E-state index in [1.54, 1.807) is 11.3 Å². The molecule has 0 radical (unpaired) electrons. The zero-order valence-corrected chi connectivity index (χ0v) is 20.3.